The molecule has 0 saturated carbocycles. The SMILES string of the molecule is CC(=O)NCCC(=O)N(CC(=O)NCCCCC(NC(C)C)C(N)=O)CC(=O)NCCCCC(NC(C)C)C(N)=O. The molecule has 0 aromatic heterocycles. The normalized spacial score (nSPS) is 12.5. The number of amides is 6. The number of primary amides is 2. The monoisotopic (exact) mass is 584 g/mol. The lowest BCUT2D eigenvalue weighted by atomic mass is 10.1. The molecule has 0 heterocycles. The van der Waals surface area contributed by atoms with E-state index in [1.807, 2.05) is 27.7 Å². The summed E-state index contributed by atoms with van der Waals surface area (Å²) in [5, 5.41) is 14.2. The second-order valence-electron chi connectivity index (χ2n) is 10.7. The van der Waals surface area contributed by atoms with Crippen LogP contribution in [0.2, 0.25) is 0 Å². The van der Waals surface area contributed by atoms with Gasteiger partial charge in [0.25, 0.3) is 0 Å². The molecule has 2 atom stereocenters. The number of rotatable bonds is 23. The molecule has 41 heavy (non-hydrogen) atoms. The van der Waals surface area contributed by atoms with Gasteiger partial charge in [-0.15, -0.1) is 0 Å². The van der Waals surface area contributed by atoms with Gasteiger partial charge in [-0.2, -0.15) is 0 Å². The maximum atomic E-state index is 12.7. The van der Waals surface area contributed by atoms with Crippen molar-refractivity contribution >= 4 is 35.4 Å². The van der Waals surface area contributed by atoms with E-state index in [-0.39, 0.29) is 44.0 Å². The van der Waals surface area contributed by atoms with E-state index < -0.39 is 41.6 Å². The number of nitrogens with zero attached hydrogens (tertiary/aromatic N) is 1. The average molecular weight is 585 g/mol. The smallest absolute Gasteiger partial charge is 0.239 e. The Morgan fingerprint density at radius 2 is 1.05 bits per heavy atom. The van der Waals surface area contributed by atoms with Gasteiger partial charge < -0.3 is 43.0 Å². The number of carbonyl (C=O) groups is 6. The number of hydrogen-bond acceptors (Lipinski definition) is 8. The van der Waals surface area contributed by atoms with Gasteiger partial charge in [0.2, 0.25) is 35.4 Å². The summed E-state index contributed by atoms with van der Waals surface area (Å²) in [6, 6.07) is -0.663. The highest BCUT2D eigenvalue weighted by Gasteiger charge is 2.21. The van der Waals surface area contributed by atoms with Gasteiger partial charge in [0.1, 0.15) is 13.1 Å². The summed E-state index contributed by atoms with van der Waals surface area (Å²) in [6.45, 7) is 9.16. The van der Waals surface area contributed by atoms with E-state index in [0.29, 0.717) is 51.6 Å². The Kier molecular flexibility index (Phi) is 19.8. The molecular formula is C27H52N8O6. The van der Waals surface area contributed by atoms with Crippen molar-refractivity contribution in [3.63, 3.8) is 0 Å². The van der Waals surface area contributed by atoms with E-state index in [0.717, 1.165) is 4.90 Å². The third-order valence-corrected chi connectivity index (χ3v) is 5.97. The molecule has 14 nitrogen and oxygen atoms in total. The van der Waals surface area contributed by atoms with Crippen LogP contribution in [0.3, 0.4) is 0 Å². The van der Waals surface area contributed by atoms with Crippen LogP contribution >= 0.6 is 0 Å². The summed E-state index contributed by atoms with van der Waals surface area (Å²) < 4.78 is 0. The third kappa shape index (κ3) is 20.3. The van der Waals surface area contributed by atoms with Crippen LogP contribution in [-0.2, 0) is 28.8 Å². The number of carbonyl (C=O) groups excluding carboxylic acids is 6. The molecular weight excluding hydrogens is 532 g/mol. The zero-order valence-corrected chi connectivity index (χ0v) is 25.3. The van der Waals surface area contributed by atoms with Crippen molar-refractivity contribution in [2.75, 3.05) is 32.7 Å². The van der Waals surface area contributed by atoms with Gasteiger partial charge in [-0.05, 0) is 38.5 Å². The first kappa shape index (κ1) is 37.7. The second-order valence-corrected chi connectivity index (χ2v) is 10.7. The van der Waals surface area contributed by atoms with Crippen LogP contribution in [0, 0.1) is 0 Å². The number of nitrogens with one attached hydrogen (secondary N) is 5. The Hall–Kier alpha value is -3.26. The van der Waals surface area contributed by atoms with Crippen molar-refractivity contribution in [1.29, 1.82) is 0 Å². The van der Waals surface area contributed by atoms with Crippen LogP contribution in [0.15, 0.2) is 0 Å². The number of nitrogens with two attached hydrogens (primary N) is 2. The van der Waals surface area contributed by atoms with Crippen molar-refractivity contribution in [1.82, 2.24) is 31.5 Å². The Balaban J connectivity index is 4.73. The molecule has 0 aliphatic rings. The number of unbranched alkanes of at least 4 members (excludes halogenated alkanes) is 2. The molecule has 2 unspecified atom stereocenters. The molecule has 0 aromatic rings. The first-order valence-electron chi connectivity index (χ1n) is 14.4. The lowest BCUT2D eigenvalue weighted by Crippen LogP contribution is -2.47. The van der Waals surface area contributed by atoms with Crippen molar-refractivity contribution in [3.05, 3.63) is 0 Å². The molecule has 14 heteroatoms. The highest BCUT2D eigenvalue weighted by atomic mass is 16.2. The lowest BCUT2D eigenvalue weighted by molar-refractivity contribution is -0.139. The van der Waals surface area contributed by atoms with Crippen molar-refractivity contribution < 1.29 is 28.8 Å². The van der Waals surface area contributed by atoms with Gasteiger partial charge in [0, 0.05) is 45.1 Å². The predicted octanol–water partition coefficient (Wildman–Crippen LogP) is -1.38. The third-order valence-electron chi connectivity index (χ3n) is 5.97. The molecule has 0 aromatic carbocycles. The fourth-order valence-corrected chi connectivity index (χ4v) is 4.02. The van der Waals surface area contributed by atoms with E-state index in [1.54, 1.807) is 0 Å². The molecule has 0 radical (unpaired) electrons. The highest BCUT2D eigenvalue weighted by Crippen LogP contribution is 2.03. The fourth-order valence-electron chi connectivity index (χ4n) is 4.02. The largest absolute Gasteiger partial charge is 0.368 e. The van der Waals surface area contributed by atoms with Crippen LogP contribution in [0.25, 0.3) is 0 Å². The van der Waals surface area contributed by atoms with Gasteiger partial charge >= 0.3 is 0 Å². The summed E-state index contributed by atoms with van der Waals surface area (Å²) in [6.07, 6.45) is 3.54. The van der Waals surface area contributed by atoms with Crippen LogP contribution in [0.4, 0.5) is 0 Å². The second kappa shape index (κ2) is 21.5. The van der Waals surface area contributed by atoms with E-state index in [1.165, 1.54) is 6.92 Å². The summed E-state index contributed by atoms with van der Waals surface area (Å²) in [4.78, 5) is 73.2. The molecule has 0 aliphatic carbocycles. The fraction of sp³-hybridized carbons (Fsp3) is 0.778. The minimum Gasteiger partial charge on any atom is -0.368 e. The van der Waals surface area contributed by atoms with E-state index in [2.05, 4.69) is 26.6 Å². The first-order chi connectivity index (χ1) is 19.2. The van der Waals surface area contributed by atoms with E-state index in [4.69, 9.17) is 11.5 Å². The molecule has 236 valence electrons. The van der Waals surface area contributed by atoms with Crippen molar-refractivity contribution in [2.45, 2.75) is 104 Å². The Morgan fingerprint density at radius 1 is 0.634 bits per heavy atom. The highest BCUT2D eigenvalue weighted by molar-refractivity contribution is 5.89. The minimum atomic E-state index is -0.447. The van der Waals surface area contributed by atoms with Crippen molar-refractivity contribution in [3.8, 4) is 0 Å². The lowest BCUT2D eigenvalue weighted by Gasteiger charge is -2.22. The maximum absolute atomic E-state index is 12.7. The van der Waals surface area contributed by atoms with Gasteiger partial charge in [-0.3, -0.25) is 28.8 Å². The molecule has 9 N–H and O–H groups in total. The molecule has 0 spiro atoms. The van der Waals surface area contributed by atoms with Gasteiger partial charge in [0.15, 0.2) is 0 Å². The molecule has 0 rings (SSSR count). The summed E-state index contributed by atoms with van der Waals surface area (Å²) in [5.41, 5.74) is 10.8. The molecule has 0 bridgehead atoms. The Bertz CT molecular complexity index is 800. The molecule has 0 aliphatic heterocycles. The predicted molar refractivity (Wildman–Crippen MR) is 156 cm³/mol. The summed E-state index contributed by atoms with van der Waals surface area (Å²) in [5.74, 6) is -2.43. The Morgan fingerprint density at radius 3 is 1.39 bits per heavy atom. The van der Waals surface area contributed by atoms with Gasteiger partial charge in [-0.25, -0.2) is 0 Å². The maximum Gasteiger partial charge on any atom is 0.239 e. The standard InChI is InChI=1S/C27H52N8O6/c1-18(2)33-21(26(28)40)10-6-8-13-31-23(37)16-35(25(39)12-15-30-20(5)36)17-24(38)32-14-9-7-11-22(27(29)41)34-19(3)4/h18-19,21-22,33-34H,6-17H2,1-5H3,(H2,28,40)(H2,29,41)(H,30,36)(H,31,37)(H,32,38). The van der Waals surface area contributed by atoms with Gasteiger partial charge in [-0.1, -0.05) is 27.7 Å². The van der Waals surface area contributed by atoms with Crippen LogP contribution < -0.4 is 38.1 Å². The quantitative estimate of drug-likeness (QED) is 0.0708. The summed E-state index contributed by atoms with van der Waals surface area (Å²) in [7, 11) is 0. The summed E-state index contributed by atoms with van der Waals surface area (Å²) >= 11 is 0. The topological polar surface area (TPSA) is 218 Å². The van der Waals surface area contributed by atoms with Crippen molar-refractivity contribution in [2.24, 2.45) is 11.5 Å². The molecule has 0 fully saturated rings. The average Bonchev–Trinajstić information content (AvgIpc) is 2.85. The van der Waals surface area contributed by atoms with E-state index >= 15 is 0 Å². The number of hydrogen-bond donors (Lipinski definition) is 7. The van der Waals surface area contributed by atoms with Crippen LogP contribution in [-0.4, -0.2) is 97.2 Å². The van der Waals surface area contributed by atoms with Gasteiger partial charge in [0.05, 0.1) is 12.1 Å². The van der Waals surface area contributed by atoms with E-state index in [9.17, 15) is 28.8 Å². The Labute approximate surface area is 243 Å². The minimum absolute atomic E-state index is 0.0607. The van der Waals surface area contributed by atoms with Crippen LogP contribution in [0.1, 0.15) is 79.6 Å². The first-order valence-corrected chi connectivity index (χ1v) is 14.4. The molecule has 6 amide bonds. The van der Waals surface area contributed by atoms with Crippen LogP contribution in [0.5, 0.6) is 0 Å². The zero-order valence-electron chi connectivity index (χ0n) is 25.3. The molecule has 0 saturated heterocycles. The zero-order chi connectivity index (χ0) is 31.4.